The normalized spacial score (nSPS) is 12.1. The number of fused-ring (bicyclic) bond motifs is 1. The van der Waals surface area contributed by atoms with Gasteiger partial charge in [-0.15, -0.1) is 0 Å². The number of nitrogens with zero attached hydrogens (tertiary/aromatic N) is 2. The van der Waals surface area contributed by atoms with E-state index in [9.17, 15) is 0 Å². The zero-order valence-electron chi connectivity index (χ0n) is 10.6. The third-order valence-corrected chi connectivity index (χ3v) is 4.06. The van der Waals surface area contributed by atoms with E-state index in [-0.39, 0.29) is 0 Å². The van der Waals surface area contributed by atoms with Crippen molar-refractivity contribution in [3.63, 3.8) is 0 Å². The number of likely N-dealkylation sites (N-methyl/N-ethyl adjacent to an activating group) is 1. The Morgan fingerprint density at radius 1 is 1.41 bits per heavy atom. The second-order valence-electron chi connectivity index (χ2n) is 4.12. The molecule has 0 atom stereocenters. The number of hydrogen-bond donors (Lipinski definition) is 0. The van der Waals surface area contributed by atoms with Crippen molar-refractivity contribution in [1.29, 1.82) is 0 Å². The minimum atomic E-state index is 0.965. The average Bonchev–Trinajstić information content (AvgIpc) is 2.79. The molecule has 0 aliphatic heterocycles. The van der Waals surface area contributed by atoms with E-state index in [1.165, 1.54) is 10.3 Å². The highest BCUT2D eigenvalue weighted by atomic mass is 32.1. The second-order valence-corrected chi connectivity index (χ2v) is 5.13. The molecule has 0 N–H and O–H groups in total. The van der Waals surface area contributed by atoms with Gasteiger partial charge >= 0.3 is 0 Å². The van der Waals surface area contributed by atoms with Crippen molar-refractivity contribution >= 4 is 26.7 Å². The molecule has 0 radical (unpaired) electrons. The standard InChI is InChI=1S/C14H18N2S/c1-4-11(5-2)10-16(3)14-15-12-8-6-7-9-13(12)17-14/h4,6-9H,5,10H2,1-3H3/b11-4+. The van der Waals surface area contributed by atoms with Gasteiger partial charge in [0, 0.05) is 13.6 Å². The first-order chi connectivity index (χ1) is 8.24. The summed E-state index contributed by atoms with van der Waals surface area (Å²) in [4.78, 5) is 6.88. The van der Waals surface area contributed by atoms with Crippen LogP contribution in [0.15, 0.2) is 35.9 Å². The maximum atomic E-state index is 4.65. The summed E-state index contributed by atoms with van der Waals surface area (Å²) in [5, 5.41) is 1.10. The van der Waals surface area contributed by atoms with Crippen molar-refractivity contribution in [3.8, 4) is 0 Å². The summed E-state index contributed by atoms with van der Waals surface area (Å²) >= 11 is 1.76. The molecule has 0 aliphatic rings. The van der Waals surface area contributed by atoms with Crippen molar-refractivity contribution in [3.05, 3.63) is 35.9 Å². The summed E-state index contributed by atoms with van der Waals surface area (Å²) in [5.74, 6) is 0. The molecule has 0 fully saturated rings. The Balaban J connectivity index is 2.21. The molecule has 17 heavy (non-hydrogen) atoms. The topological polar surface area (TPSA) is 16.1 Å². The molecule has 2 rings (SSSR count). The van der Waals surface area contributed by atoms with Gasteiger partial charge in [0.1, 0.15) is 0 Å². The summed E-state index contributed by atoms with van der Waals surface area (Å²) in [7, 11) is 2.11. The number of rotatable bonds is 4. The van der Waals surface area contributed by atoms with Crippen LogP contribution in [-0.4, -0.2) is 18.6 Å². The summed E-state index contributed by atoms with van der Waals surface area (Å²) in [6, 6.07) is 8.29. The summed E-state index contributed by atoms with van der Waals surface area (Å²) in [5.41, 5.74) is 2.55. The van der Waals surface area contributed by atoms with Crippen LogP contribution in [0.3, 0.4) is 0 Å². The molecular weight excluding hydrogens is 228 g/mol. The Bertz CT molecular complexity index is 495. The summed E-state index contributed by atoms with van der Waals surface area (Å²) in [6.07, 6.45) is 3.30. The largest absolute Gasteiger partial charge is 0.347 e. The first-order valence-corrected chi connectivity index (χ1v) is 6.77. The Hall–Kier alpha value is -1.35. The molecule has 3 heteroatoms. The van der Waals surface area contributed by atoms with E-state index >= 15 is 0 Å². The molecule has 2 aromatic rings. The van der Waals surface area contributed by atoms with Gasteiger partial charge in [-0.3, -0.25) is 0 Å². The van der Waals surface area contributed by atoms with E-state index in [4.69, 9.17) is 0 Å². The minimum Gasteiger partial charge on any atom is -0.347 e. The lowest BCUT2D eigenvalue weighted by atomic mass is 10.2. The van der Waals surface area contributed by atoms with Crippen molar-refractivity contribution in [2.24, 2.45) is 0 Å². The number of aromatic nitrogens is 1. The number of anilines is 1. The average molecular weight is 246 g/mol. The molecule has 90 valence electrons. The number of allylic oxidation sites excluding steroid dienone is 1. The molecule has 1 aromatic heterocycles. The molecule has 0 bridgehead atoms. The number of benzene rings is 1. The van der Waals surface area contributed by atoms with E-state index in [0.717, 1.165) is 23.6 Å². The molecule has 0 saturated heterocycles. The lowest BCUT2D eigenvalue weighted by molar-refractivity contribution is 0.919. The zero-order chi connectivity index (χ0) is 12.3. The van der Waals surface area contributed by atoms with Crippen LogP contribution in [0.5, 0.6) is 0 Å². The highest BCUT2D eigenvalue weighted by Crippen LogP contribution is 2.28. The number of hydrogen-bond acceptors (Lipinski definition) is 3. The lowest BCUT2D eigenvalue weighted by Crippen LogP contribution is -2.19. The van der Waals surface area contributed by atoms with Crippen molar-refractivity contribution in [2.45, 2.75) is 20.3 Å². The first kappa shape index (κ1) is 12.1. The van der Waals surface area contributed by atoms with Gasteiger partial charge in [0.2, 0.25) is 0 Å². The fraction of sp³-hybridized carbons (Fsp3) is 0.357. The van der Waals surface area contributed by atoms with Gasteiger partial charge in [0.25, 0.3) is 0 Å². The van der Waals surface area contributed by atoms with Gasteiger partial charge in [-0.25, -0.2) is 4.98 Å². The number of thiazole rings is 1. The van der Waals surface area contributed by atoms with Gasteiger partial charge in [-0.1, -0.05) is 42.0 Å². The molecule has 1 aromatic carbocycles. The van der Waals surface area contributed by atoms with Gasteiger partial charge in [-0.2, -0.15) is 0 Å². The smallest absolute Gasteiger partial charge is 0.186 e. The molecule has 0 saturated carbocycles. The summed E-state index contributed by atoms with van der Waals surface area (Å²) < 4.78 is 1.26. The van der Waals surface area contributed by atoms with E-state index in [0.29, 0.717) is 0 Å². The van der Waals surface area contributed by atoms with Gasteiger partial charge < -0.3 is 4.90 Å². The fourth-order valence-corrected chi connectivity index (χ4v) is 2.73. The fourth-order valence-electron chi connectivity index (χ4n) is 1.80. The molecule has 0 spiro atoms. The van der Waals surface area contributed by atoms with Crippen molar-refractivity contribution < 1.29 is 0 Å². The first-order valence-electron chi connectivity index (χ1n) is 5.95. The van der Waals surface area contributed by atoms with Crippen LogP contribution in [0.4, 0.5) is 5.13 Å². The maximum Gasteiger partial charge on any atom is 0.186 e. The van der Waals surface area contributed by atoms with E-state index < -0.39 is 0 Å². The van der Waals surface area contributed by atoms with Gasteiger partial charge in [-0.05, 0) is 25.5 Å². The van der Waals surface area contributed by atoms with Crippen molar-refractivity contribution in [2.75, 3.05) is 18.5 Å². The van der Waals surface area contributed by atoms with E-state index in [1.54, 1.807) is 11.3 Å². The second kappa shape index (κ2) is 5.32. The number of para-hydroxylation sites is 1. The maximum absolute atomic E-state index is 4.65. The highest BCUT2D eigenvalue weighted by molar-refractivity contribution is 7.22. The third kappa shape index (κ3) is 2.67. The van der Waals surface area contributed by atoms with Crippen LogP contribution in [-0.2, 0) is 0 Å². The molecular formula is C14H18N2S. The zero-order valence-corrected chi connectivity index (χ0v) is 11.4. The van der Waals surface area contributed by atoms with Crippen molar-refractivity contribution in [1.82, 2.24) is 4.98 Å². The molecule has 0 amide bonds. The Labute approximate surface area is 107 Å². The monoisotopic (exact) mass is 246 g/mol. The predicted octanol–water partition coefficient (Wildman–Crippen LogP) is 4.09. The molecule has 0 unspecified atom stereocenters. The minimum absolute atomic E-state index is 0.965. The van der Waals surface area contributed by atoms with E-state index in [1.807, 2.05) is 6.07 Å². The third-order valence-electron chi connectivity index (χ3n) is 2.91. The van der Waals surface area contributed by atoms with E-state index in [2.05, 4.69) is 55.1 Å². The van der Waals surface area contributed by atoms with Crippen LogP contribution < -0.4 is 4.90 Å². The van der Waals surface area contributed by atoms with Crippen LogP contribution in [0.1, 0.15) is 20.3 Å². The molecule has 1 heterocycles. The van der Waals surface area contributed by atoms with Gasteiger partial charge in [0.05, 0.1) is 10.2 Å². The SMILES string of the molecule is C/C=C(\CC)CN(C)c1nc2ccccc2s1. The lowest BCUT2D eigenvalue weighted by Gasteiger charge is -2.16. The van der Waals surface area contributed by atoms with Crippen LogP contribution in [0.2, 0.25) is 0 Å². The Kier molecular flexibility index (Phi) is 3.79. The Morgan fingerprint density at radius 2 is 2.18 bits per heavy atom. The highest BCUT2D eigenvalue weighted by Gasteiger charge is 2.08. The molecule has 0 aliphatic carbocycles. The quantitative estimate of drug-likeness (QED) is 0.755. The predicted molar refractivity (Wildman–Crippen MR) is 76.9 cm³/mol. The van der Waals surface area contributed by atoms with Crippen LogP contribution >= 0.6 is 11.3 Å². The van der Waals surface area contributed by atoms with Gasteiger partial charge in [0.15, 0.2) is 5.13 Å². The summed E-state index contributed by atoms with van der Waals surface area (Å²) in [6.45, 7) is 5.26. The van der Waals surface area contributed by atoms with Crippen LogP contribution in [0, 0.1) is 0 Å². The molecule has 2 nitrogen and oxygen atoms in total. The van der Waals surface area contributed by atoms with Crippen LogP contribution in [0.25, 0.3) is 10.2 Å². The Morgan fingerprint density at radius 3 is 2.82 bits per heavy atom.